The summed E-state index contributed by atoms with van der Waals surface area (Å²) in [6.07, 6.45) is 0. The molecule has 5 nitrogen and oxygen atoms in total. The second-order valence-corrected chi connectivity index (χ2v) is 4.30. The van der Waals surface area contributed by atoms with Crippen LogP contribution in [0.1, 0.15) is 5.56 Å². The fourth-order valence-corrected chi connectivity index (χ4v) is 2.24. The first-order chi connectivity index (χ1) is 9.19. The fraction of sp³-hybridized carbons (Fsp3) is 0.0714. The summed E-state index contributed by atoms with van der Waals surface area (Å²) in [7, 11) is 0. The Morgan fingerprint density at radius 1 is 1.21 bits per heavy atom. The van der Waals surface area contributed by atoms with E-state index in [-0.39, 0.29) is 11.2 Å². The van der Waals surface area contributed by atoms with Crippen molar-refractivity contribution in [3.63, 3.8) is 0 Å². The van der Waals surface area contributed by atoms with E-state index in [9.17, 15) is 9.90 Å². The van der Waals surface area contributed by atoms with Gasteiger partial charge in [0.25, 0.3) is 0 Å². The topological polar surface area (TPSA) is 88.5 Å². The SMILES string of the molecule is NNCc1c2ccc(=O)cc-2oc2cc(O)ccc12. The molecule has 5 heteroatoms. The molecule has 96 valence electrons. The van der Waals surface area contributed by atoms with Crippen LogP contribution in [0.3, 0.4) is 0 Å². The van der Waals surface area contributed by atoms with Crippen LogP contribution in [-0.4, -0.2) is 5.11 Å². The Kier molecular flexibility index (Phi) is 2.70. The van der Waals surface area contributed by atoms with Gasteiger partial charge in [0, 0.05) is 29.6 Å². The van der Waals surface area contributed by atoms with E-state index in [4.69, 9.17) is 10.3 Å². The summed E-state index contributed by atoms with van der Waals surface area (Å²) in [6.45, 7) is 0.437. The number of aromatic hydroxyl groups is 1. The molecule has 0 aromatic heterocycles. The van der Waals surface area contributed by atoms with Crippen molar-refractivity contribution >= 4 is 11.0 Å². The van der Waals surface area contributed by atoms with E-state index in [2.05, 4.69) is 5.43 Å². The van der Waals surface area contributed by atoms with Crippen LogP contribution in [0, 0.1) is 0 Å². The van der Waals surface area contributed by atoms with Gasteiger partial charge in [-0.15, -0.1) is 0 Å². The summed E-state index contributed by atoms with van der Waals surface area (Å²) >= 11 is 0. The highest BCUT2D eigenvalue weighted by molar-refractivity contribution is 5.88. The number of rotatable bonds is 2. The van der Waals surface area contributed by atoms with E-state index in [0.717, 1.165) is 16.5 Å². The lowest BCUT2D eigenvalue weighted by Gasteiger charge is -2.14. The average Bonchev–Trinajstić information content (AvgIpc) is 2.37. The van der Waals surface area contributed by atoms with Gasteiger partial charge in [0.15, 0.2) is 5.43 Å². The van der Waals surface area contributed by atoms with Crippen molar-refractivity contribution < 1.29 is 9.52 Å². The first kappa shape index (κ1) is 11.7. The summed E-state index contributed by atoms with van der Waals surface area (Å²) in [5, 5.41) is 10.4. The van der Waals surface area contributed by atoms with E-state index >= 15 is 0 Å². The van der Waals surface area contributed by atoms with Crippen LogP contribution in [0.5, 0.6) is 5.75 Å². The number of hydrogen-bond donors (Lipinski definition) is 3. The normalized spacial score (nSPS) is 11.2. The van der Waals surface area contributed by atoms with Crippen LogP contribution >= 0.6 is 0 Å². The Morgan fingerprint density at radius 3 is 2.84 bits per heavy atom. The van der Waals surface area contributed by atoms with Gasteiger partial charge in [-0.25, -0.2) is 0 Å². The van der Waals surface area contributed by atoms with E-state index in [0.29, 0.717) is 17.9 Å². The van der Waals surface area contributed by atoms with E-state index in [1.54, 1.807) is 18.2 Å². The molecule has 0 unspecified atom stereocenters. The highest BCUT2D eigenvalue weighted by Gasteiger charge is 2.15. The van der Waals surface area contributed by atoms with Gasteiger partial charge < -0.3 is 9.52 Å². The molecule has 1 aromatic carbocycles. The van der Waals surface area contributed by atoms with Gasteiger partial charge >= 0.3 is 0 Å². The quantitative estimate of drug-likeness (QED) is 0.368. The zero-order chi connectivity index (χ0) is 13.4. The van der Waals surface area contributed by atoms with Crippen LogP contribution in [0.25, 0.3) is 22.3 Å². The van der Waals surface area contributed by atoms with Gasteiger partial charge in [-0.1, -0.05) is 0 Å². The molecule has 1 heterocycles. The Bertz CT molecular complexity index is 779. The van der Waals surface area contributed by atoms with E-state index in [1.807, 2.05) is 0 Å². The highest BCUT2D eigenvalue weighted by atomic mass is 16.3. The number of phenolic OH excluding ortho intramolecular Hbond substituents is 1. The molecule has 0 radical (unpaired) electrons. The molecule has 0 amide bonds. The van der Waals surface area contributed by atoms with Crippen LogP contribution in [0.15, 0.2) is 45.6 Å². The molecule has 3 rings (SSSR count). The molecule has 0 atom stereocenters. The Balaban J connectivity index is 2.45. The molecule has 2 aliphatic rings. The van der Waals surface area contributed by atoms with Crippen molar-refractivity contribution in [3.05, 3.63) is 52.2 Å². The summed E-state index contributed by atoms with van der Waals surface area (Å²) in [6, 6.07) is 9.52. The smallest absolute Gasteiger partial charge is 0.182 e. The number of nitrogens with two attached hydrogens (primary N) is 1. The third-order valence-corrected chi connectivity index (χ3v) is 3.07. The minimum Gasteiger partial charge on any atom is -0.508 e. The maximum absolute atomic E-state index is 11.4. The first-order valence-corrected chi connectivity index (χ1v) is 5.81. The van der Waals surface area contributed by atoms with Crippen LogP contribution in [-0.2, 0) is 6.54 Å². The third kappa shape index (κ3) is 1.95. The number of hydrogen-bond acceptors (Lipinski definition) is 5. The fourth-order valence-electron chi connectivity index (χ4n) is 2.24. The zero-order valence-corrected chi connectivity index (χ0v) is 10.0. The van der Waals surface area contributed by atoms with Crippen LogP contribution in [0.2, 0.25) is 0 Å². The predicted molar refractivity (Wildman–Crippen MR) is 71.8 cm³/mol. The van der Waals surface area contributed by atoms with Gasteiger partial charge in [0.2, 0.25) is 0 Å². The molecule has 1 aromatic rings. The number of hydrazine groups is 1. The summed E-state index contributed by atoms with van der Waals surface area (Å²) in [4.78, 5) is 11.4. The van der Waals surface area contributed by atoms with E-state index in [1.165, 1.54) is 18.2 Å². The average molecular weight is 256 g/mol. The van der Waals surface area contributed by atoms with Crippen LogP contribution in [0.4, 0.5) is 0 Å². The lowest BCUT2D eigenvalue weighted by molar-refractivity contribution is 0.474. The van der Waals surface area contributed by atoms with Crippen molar-refractivity contribution in [3.8, 4) is 17.1 Å². The molecule has 0 saturated carbocycles. The molecular formula is C14H12N2O3. The van der Waals surface area contributed by atoms with E-state index < -0.39 is 0 Å². The second kappa shape index (κ2) is 4.38. The molecule has 0 spiro atoms. The molecule has 1 aliphatic carbocycles. The lowest BCUT2D eigenvalue weighted by atomic mass is 9.99. The maximum atomic E-state index is 11.4. The summed E-state index contributed by atoms with van der Waals surface area (Å²) < 4.78 is 5.67. The second-order valence-electron chi connectivity index (χ2n) is 4.30. The first-order valence-electron chi connectivity index (χ1n) is 5.81. The van der Waals surface area contributed by atoms with Crippen molar-refractivity contribution in [2.75, 3.05) is 0 Å². The molecule has 0 fully saturated rings. The minimum absolute atomic E-state index is 0.112. The Morgan fingerprint density at radius 2 is 2.05 bits per heavy atom. The number of fused-ring (bicyclic) bond motifs is 2. The monoisotopic (exact) mass is 256 g/mol. The van der Waals surface area contributed by atoms with Gasteiger partial charge in [0.1, 0.15) is 17.1 Å². The third-order valence-electron chi connectivity index (χ3n) is 3.07. The van der Waals surface area contributed by atoms with Gasteiger partial charge in [-0.3, -0.25) is 16.1 Å². The van der Waals surface area contributed by atoms with Crippen molar-refractivity contribution in [2.24, 2.45) is 5.84 Å². The largest absolute Gasteiger partial charge is 0.508 e. The highest BCUT2D eigenvalue weighted by Crippen LogP contribution is 2.33. The standard InChI is InChI=1S/C14H12N2O3/c15-16-7-12-10-3-1-8(17)5-13(10)19-14-6-9(18)2-4-11(12)14/h1-6,16-17H,7,15H2. The van der Waals surface area contributed by atoms with Gasteiger partial charge in [-0.05, 0) is 29.8 Å². The Labute approximate surface area is 108 Å². The lowest BCUT2D eigenvalue weighted by Crippen LogP contribution is -2.21. The molecule has 19 heavy (non-hydrogen) atoms. The zero-order valence-electron chi connectivity index (χ0n) is 10.0. The van der Waals surface area contributed by atoms with Crippen molar-refractivity contribution in [1.29, 1.82) is 0 Å². The number of benzene rings is 2. The molecule has 4 N–H and O–H groups in total. The van der Waals surface area contributed by atoms with Crippen molar-refractivity contribution in [1.82, 2.24) is 5.43 Å². The summed E-state index contributed by atoms with van der Waals surface area (Å²) in [5.41, 5.74) is 4.77. The number of nitrogens with one attached hydrogen (secondary N) is 1. The van der Waals surface area contributed by atoms with Gasteiger partial charge in [0.05, 0.1) is 0 Å². The van der Waals surface area contributed by atoms with Gasteiger partial charge in [-0.2, -0.15) is 0 Å². The van der Waals surface area contributed by atoms with Crippen LogP contribution < -0.4 is 16.7 Å². The molecule has 1 aliphatic heterocycles. The minimum atomic E-state index is -0.123. The molecule has 0 bridgehead atoms. The predicted octanol–water partition coefficient (Wildman–Crippen LogP) is 1.57. The number of phenols is 1. The van der Waals surface area contributed by atoms with Crippen molar-refractivity contribution in [2.45, 2.75) is 6.54 Å². The molecule has 0 saturated heterocycles. The molecular weight excluding hydrogens is 244 g/mol. The Hall–Kier alpha value is -2.37. The summed E-state index contributed by atoms with van der Waals surface area (Å²) in [5.74, 6) is 6.00. The maximum Gasteiger partial charge on any atom is 0.182 e.